The zero-order valence-corrected chi connectivity index (χ0v) is 11.2. The van der Waals surface area contributed by atoms with E-state index in [2.05, 4.69) is 30.8 Å². The van der Waals surface area contributed by atoms with E-state index < -0.39 is 0 Å². The van der Waals surface area contributed by atoms with E-state index in [0.29, 0.717) is 0 Å². The van der Waals surface area contributed by atoms with Gasteiger partial charge in [-0.15, -0.1) is 11.8 Å². The van der Waals surface area contributed by atoms with Crippen LogP contribution < -0.4 is 4.74 Å². The number of thioether (sulfide) groups is 1. The van der Waals surface area contributed by atoms with E-state index in [0.717, 1.165) is 17.1 Å². The highest BCUT2D eigenvalue weighted by atomic mass is 32.2. The number of hydrogen-bond donors (Lipinski definition) is 0. The van der Waals surface area contributed by atoms with Crippen LogP contribution in [0.3, 0.4) is 0 Å². The minimum Gasteiger partial charge on any atom is -0.497 e. The monoisotopic (exact) mass is 256 g/mol. The van der Waals surface area contributed by atoms with E-state index in [1.807, 2.05) is 30.3 Å². The van der Waals surface area contributed by atoms with Gasteiger partial charge in [0.15, 0.2) is 0 Å². The smallest absolute Gasteiger partial charge is 0.118 e. The second-order valence-corrected chi connectivity index (χ2v) is 4.98. The maximum atomic E-state index is 5.14. The fourth-order valence-corrected chi connectivity index (χ4v) is 2.45. The first kappa shape index (κ1) is 12.8. The molecule has 0 spiro atoms. The molecule has 2 heteroatoms. The third-order valence-corrected chi connectivity index (χ3v) is 3.75. The van der Waals surface area contributed by atoms with Crippen molar-refractivity contribution in [2.45, 2.75) is 4.90 Å². The van der Waals surface area contributed by atoms with E-state index in [9.17, 15) is 0 Å². The molecule has 0 aromatic heterocycles. The average molecular weight is 256 g/mol. The molecule has 92 valence electrons. The van der Waals surface area contributed by atoms with Crippen molar-refractivity contribution in [2.24, 2.45) is 0 Å². The van der Waals surface area contributed by atoms with Crippen LogP contribution in [0.4, 0.5) is 0 Å². The van der Waals surface area contributed by atoms with Gasteiger partial charge >= 0.3 is 0 Å². The highest BCUT2D eigenvalue weighted by molar-refractivity contribution is 7.99. The number of rotatable bonds is 5. The van der Waals surface area contributed by atoms with Crippen LogP contribution in [0.2, 0.25) is 0 Å². The van der Waals surface area contributed by atoms with Gasteiger partial charge in [0.05, 0.1) is 7.11 Å². The summed E-state index contributed by atoms with van der Waals surface area (Å²) in [5.41, 5.74) is 2.30. The van der Waals surface area contributed by atoms with Crippen LogP contribution in [0.1, 0.15) is 5.56 Å². The molecule has 0 N–H and O–H groups in total. The van der Waals surface area contributed by atoms with Crippen LogP contribution >= 0.6 is 11.8 Å². The SMILES string of the molecule is C=C(CSc1ccccc1)c1ccc(OC)cc1. The third kappa shape index (κ3) is 3.41. The van der Waals surface area contributed by atoms with Crippen LogP contribution in [-0.2, 0) is 0 Å². The molecule has 0 fully saturated rings. The Bertz CT molecular complexity index is 502. The molecule has 18 heavy (non-hydrogen) atoms. The summed E-state index contributed by atoms with van der Waals surface area (Å²) in [5, 5.41) is 0. The van der Waals surface area contributed by atoms with Crippen LogP contribution in [-0.4, -0.2) is 12.9 Å². The van der Waals surface area contributed by atoms with Gasteiger partial charge in [0.25, 0.3) is 0 Å². The second-order valence-electron chi connectivity index (χ2n) is 3.93. The molecule has 0 heterocycles. The Hall–Kier alpha value is -1.67. The molecule has 0 saturated carbocycles. The minimum absolute atomic E-state index is 0.877. The Morgan fingerprint density at radius 2 is 1.72 bits per heavy atom. The van der Waals surface area contributed by atoms with Gasteiger partial charge in [-0.2, -0.15) is 0 Å². The Balaban J connectivity index is 1.95. The quantitative estimate of drug-likeness (QED) is 0.728. The summed E-state index contributed by atoms with van der Waals surface area (Å²) in [5.74, 6) is 1.78. The van der Waals surface area contributed by atoms with Gasteiger partial charge in [0, 0.05) is 10.6 Å². The molecule has 0 bridgehead atoms. The molecule has 0 unspecified atom stereocenters. The lowest BCUT2D eigenvalue weighted by atomic mass is 10.1. The summed E-state index contributed by atoms with van der Waals surface area (Å²) in [7, 11) is 1.68. The molecule has 1 nitrogen and oxygen atoms in total. The van der Waals surface area contributed by atoms with Crippen molar-refractivity contribution >= 4 is 17.3 Å². The van der Waals surface area contributed by atoms with Crippen molar-refractivity contribution in [3.8, 4) is 5.75 Å². The van der Waals surface area contributed by atoms with Crippen molar-refractivity contribution in [2.75, 3.05) is 12.9 Å². The Morgan fingerprint density at radius 3 is 2.33 bits per heavy atom. The van der Waals surface area contributed by atoms with Crippen LogP contribution in [0.15, 0.2) is 66.1 Å². The molecule has 0 atom stereocenters. The van der Waals surface area contributed by atoms with Gasteiger partial charge < -0.3 is 4.74 Å². The number of methoxy groups -OCH3 is 1. The zero-order chi connectivity index (χ0) is 12.8. The third-order valence-electron chi connectivity index (χ3n) is 2.65. The Labute approximate surface area is 112 Å². The lowest BCUT2D eigenvalue weighted by molar-refractivity contribution is 0.415. The maximum Gasteiger partial charge on any atom is 0.118 e. The highest BCUT2D eigenvalue weighted by Gasteiger charge is 2.01. The number of benzene rings is 2. The predicted octanol–water partition coefficient (Wildman–Crippen LogP) is 4.50. The largest absolute Gasteiger partial charge is 0.497 e. The lowest BCUT2D eigenvalue weighted by Crippen LogP contribution is -1.88. The summed E-state index contributed by atoms with van der Waals surface area (Å²) in [4.78, 5) is 1.27. The first-order valence-electron chi connectivity index (χ1n) is 5.79. The summed E-state index contributed by atoms with van der Waals surface area (Å²) in [6, 6.07) is 18.4. The van der Waals surface area contributed by atoms with Gasteiger partial charge in [-0.25, -0.2) is 0 Å². The van der Waals surface area contributed by atoms with Crippen molar-refractivity contribution in [3.05, 3.63) is 66.7 Å². The topological polar surface area (TPSA) is 9.23 Å². The van der Waals surface area contributed by atoms with Crippen molar-refractivity contribution in [3.63, 3.8) is 0 Å². The summed E-state index contributed by atoms with van der Waals surface area (Å²) < 4.78 is 5.14. The predicted molar refractivity (Wildman–Crippen MR) is 79.2 cm³/mol. The van der Waals surface area contributed by atoms with Gasteiger partial charge in [0.2, 0.25) is 0 Å². The maximum absolute atomic E-state index is 5.14. The lowest BCUT2D eigenvalue weighted by Gasteiger charge is -2.07. The molecule has 0 aliphatic heterocycles. The molecule has 0 aliphatic carbocycles. The van der Waals surface area contributed by atoms with Crippen molar-refractivity contribution in [1.29, 1.82) is 0 Å². The number of ether oxygens (including phenoxy) is 1. The van der Waals surface area contributed by atoms with E-state index in [-0.39, 0.29) is 0 Å². The molecule has 2 aromatic carbocycles. The van der Waals surface area contributed by atoms with Crippen molar-refractivity contribution in [1.82, 2.24) is 0 Å². The summed E-state index contributed by atoms with van der Waals surface area (Å²) >= 11 is 1.80. The fraction of sp³-hybridized carbons (Fsp3) is 0.125. The first-order valence-corrected chi connectivity index (χ1v) is 6.78. The number of hydrogen-bond acceptors (Lipinski definition) is 2. The van der Waals surface area contributed by atoms with Gasteiger partial charge in [-0.3, -0.25) is 0 Å². The molecule has 0 amide bonds. The summed E-state index contributed by atoms with van der Waals surface area (Å²) in [6.07, 6.45) is 0. The fourth-order valence-electron chi connectivity index (χ4n) is 1.60. The molecule has 0 aliphatic rings. The van der Waals surface area contributed by atoms with Crippen molar-refractivity contribution < 1.29 is 4.74 Å². The Morgan fingerprint density at radius 1 is 1.06 bits per heavy atom. The van der Waals surface area contributed by atoms with Crippen LogP contribution in [0, 0.1) is 0 Å². The highest BCUT2D eigenvalue weighted by Crippen LogP contribution is 2.25. The molecular formula is C16H16OS. The van der Waals surface area contributed by atoms with E-state index in [1.165, 1.54) is 10.5 Å². The molecule has 2 rings (SSSR count). The van der Waals surface area contributed by atoms with Gasteiger partial charge in [0.1, 0.15) is 5.75 Å². The second kappa shape index (κ2) is 6.31. The zero-order valence-electron chi connectivity index (χ0n) is 10.4. The standard InChI is InChI=1S/C16H16OS/c1-13(12-18-16-6-4-3-5-7-16)14-8-10-15(17-2)11-9-14/h3-11H,1,12H2,2H3. The van der Waals surface area contributed by atoms with E-state index in [4.69, 9.17) is 4.74 Å². The minimum atomic E-state index is 0.877. The molecule has 0 saturated heterocycles. The average Bonchev–Trinajstić information content (AvgIpc) is 2.46. The molecular weight excluding hydrogens is 240 g/mol. The van der Waals surface area contributed by atoms with Crippen LogP contribution in [0.5, 0.6) is 5.75 Å². The first-order chi connectivity index (χ1) is 8.79. The van der Waals surface area contributed by atoms with Gasteiger partial charge in [-0.1, -0.05) is 36.9 Å². The normalized spacial score (nSPS) is 10.1. The summed E-state index contributed by atoms with van der Waals surface area (Å²) in [6.45, 7) is 4.13. The molecule has 0 radical (unpaired) electrons. The van der Waals surface area contributed by atoms with E-state index >= 15 is 0 Å². The van der Waals surface area contributed by atoms with Gasteiger partial charge in [-0.05, 0) is 35.4 Å². The molecule has 2 aromatic rings. The van der Waals surface area contributed by atoms with E-state index in [1.54, 1.807) is 18.9 Å². The Kier molecular flexibility index (Phi) is 4.48. The van der Waals surface area contributed by atoms with Crippen LogP contribution in [0.25, 0.3) is 5.57 Å².